The minimum Gasteiger partial charge on any atom is -0.493 e. The molecule has 5 nitrogen and oxygen atoms in total. The monoisotopic (exact) mass is 356 g/mol. The molecule has 2 aromatic rings. The smallest absolute Gasteiger partial charge is 0.243 e. The van der Waals surface area contributed by atoms with Gasteiger partial charge in [-0.25, -0.2) is 0 Å². The molecule has 2 rings (SSSR count). The number of amides is 1. The average molecular weight is 356 g/mol. The molecule has 0 N–H and O–H groups in total. The lowest BCUT2D eigenvalue weighted by atomic mass is 10.1. The normalized spacial score (nSPS) is 11.9. The lowest BCUT2D eigenvalue weighted by molar-refractivity contribution is -0.122. The lowest BCUT2D eigenvalue weighted by Gasteiger charge is -2.28. The summed E-state index contributed by atoms with van der Waals surface area (Å²) in [5, 5.41) is 0. The van der Waals surface area contributed by atoms with Gasteiger partial charge >= 0.3 is 0 Å². The van der Waals surface area contributed by atoms with Crippen LogP contribution in [-0.4, -0.2) is 51.7 Å². The van der Waals surface area contributed by atoms with Crippen molar-refractivity contribution in [1.82, 2.24) is 4.90 Å². The van der Waals surface area contributed by atoms with Crippen molar-refractivity contribution < 1.29 is 14.3 Å². The molecule has 0 radical (unpaired) electrons. The molecule has 0 saturated carbocycles. The van der Waals surface area contributed by atoms with Crippen LogP contribution >= 0.6 is 0 Å². The van der Waals surface area contributed by atoms with Crippen LogP contribution in [0, 0.1) is 0 Å². The van der Waals surface area contributed by atoms with Gasteiger partial charge in [-0.2, -0.15) is 0 Å². The van der Waals surface area contributed by atoms with Crippen LogP contribution < -0.4 is 14.4 Å². The molecule has 0 fully saturated rings. The fraction of sp³-hybridized carbons (Fsp3) is 0.381. The van der Waals surface area contributed by atoms with E-state index < -0.39 is 0 Å². The summed E-state index contributed by atoms with van der Waals surface area (Å²) in [5.74, 6) is 1.52. The highest BCUT2D eigenvalue weighted by Crippen LogP contribution is 2.27. The predicted octanol–water partition coefficient (Wildman–Crippen LogP) is 3.23. The van der Waals surface area contributed by atoms with Gasteiger partial charge in [0.2, 0.25) is 5.91 Å². The van der Waals surface area contributed by atoms with E-state index in [1.165, 1.54) is 0 Å². The zero-order chi connectivity index (χ0) is 19.1. The van der Waals surface area contributed by atoms with Crippen molar-refractivity contribution in [1.29, 1.82) is 0 Å². The molecule has 0 saturated heterocycles. The Morgan fingerprint density at radius 2 is 1.65 bits per heavy atom. The molecular weight excluding hydrogens is 328 g/mol. The largest absolute Gasteiger partial charge is 0.493 e. The Kier molecular flexibility index (Phi) is 7.04. The van der Waals surface area contributed by atoms with Gasteiger partial charge < -0.3 is 14.4 Å². The molecule has 0 unspecified atom stereocenters. The Labute approximate surface area is 156 Å². The number of hydrogen-bond acceptors (Lipinski definition) is 4. The van der Waals surface area contributed by atoms with Crippen LogP contribution in [-0.2, 0) is 11.2 Å². The first kappa shape index (κ1) is 19.8. The zero-order valence-electron chi connectivity index (χ0n) is 16.2. The Morgan fingerprint density at radius 1 is 1.00 bits per heavy atom. The maximum Gasteiger partial charge on any atom is 0.243 e. The van der Waals surface area contributed by atoms with Gasteiger partial charge in [0, 0.05) is 19.3 Å². The number of carbonyl (C=O) groups excluding carboxylic acids is 1. The number of nitrogens with zero attached hydrogens (tertiary/aromatic N) is 2. The molecule has 0 bridgehead atoms. The summed E-state index contributed by atoms with van der Waals surface area (Å²) in [6.45, 7) is 2.71. The van der Waals surface area contributed by atoms with E-state index in [0.717, 1.165) is 35.7 Å². The van der Waals surface area contributed by atoms with E-state index in [2.05, 4.69) is 4.90 Å². The van der Waals surface area contributed by atoms with Crippen molar-refractivity contribution in [2.75, 3.05) is 39.8 Å². The fourth-order valence-corrected chi connectivity index (χ4v) is 2.78. The predicted molar refractivity (Wildman–Crippen MR) is 105 cm³/mol. The van der Waals surface area contributed by atoms with Gasteiger partial charge in [-0.1, -0.05) is 24.3 Å². The summed E-state index contributed by atoms with van der Waals surface area (Å²) >= 11 is 0. The van der Waals surface area contributed by atoms with Gasteiger partial charge in [0.25, 0.3) is 0 Å². The second-order valence-electron chi connectivity index (χ2n) is 6.33. The van der Waals surface area contributed by atoms with E-state index in [9.17, 15) is 4.79 Å². The number of carbonyl (C=O) groups is 1. The molecule has 0 aromatic heterocycles. The van der Waals surface area contributed by atoms with Gasteiger partial charge in [-0.15, -0.1) is 0 Å². The van der Waals surface area contributed by atoms with E-state index >= 15 is 0 Å². The van der Waals surface area contributed by atoms with Crippen LogP contribution in [0.4, 0.5) is 5.69 Å². The van der Waals surface area contributed by atoms with E-state index in [4.69, 9.17) is 9.47 Å². The molecule has 140 valence electrons. The molecule has 5 heteroatoms. The summed E-state index contributed by atoms with van der Waals surface area (Å²) in [6, 6.07) is 15.4. The van der Waals surface area contributed by atoms with Gasteiger partial charge in [-0.3, -0.25) is 9.69 Å². The Balaban J connectivity index is 1.96. The van der Waals surface area contributed by atoms with Gasteiger partial charge in [0.1, 0.15) is 0 Å². The van der Waals surface area contributed by atoms with Crippen molar-refractivity contribution in [2.45, 2.75) is 19.4 Å². The van der Waals surface area contributed by atoms with Crippen molar-refractivity contribution in [3.8, 4) is 11.5 Å². The number of hydrogen-bond donors (Lipinski definition) is 0. The van der Waals surface area contributed by atoms with Crippen LogP contribution in [0.15, 0.2) is 48.5 Å². The zero-order valence-corrected chi connectivity index (χ0v) is 16.2. The molecule has 0 heterocycles. The van der Waals surface area contributed by atoms with E-state index in [1.54, 1.807) is 19.1 Å². The van der Waals surface area contributed by atoms with E-state index in [1.807, 2.05) is 69.6 Å². The highest BCUT2D eigenvalue weighted by molar-refractivity contribution is 5.96. The minimum atomic E-state index is -0.208. The van der Waals surface area contributed by atoms with Crippen LogP contribution in [0.3, 0.4) is 0 Å². The van der Waals surface area contributed by atoms with Gasteiger partial charge in [0.05, 0.1) is 20.3 Å². The highest BCUT2D eigenvalue weighted by atomic mass is 16.5. The topological polar surface area (TPSA) is 42.0 Å². The number of likely N-dealkylation sites (N-methyl/N-ethyl adjacent to an activating group) is 2. The minimum absolute atomic E-state index is 0.0750. The van der Waals surface area contributed by atoms with Gasteiger partial charge in [-0.05, 0) is 50.2 Å². The second kappa shape index (κ2) is 9.25. The number of para-hydroxylation sites is 1. The maximum absolute atomic E-state index is 12.7. The first-order valence-electron chi connectivity index (χ1n) is 8.71. The van der Waals surface area contributed by atoms with Crippen LogP contribution in [0.1, 0.15) is 12.5 Å². The summed E-state index contributed by atoms with van der Waals surface area (Å²) in [5.41, 5.74) is 2.04. The third kappa shape index (κ3) is 4.76. The summed E-state index contributed by atoms with van der Waals surface area (Å²) < 4.78 is 10.6. The lowest BCUT2D eigenvalue weighted by Crippen LogP contribution is -2.44. The van der Waals surface area contributed by atoms with E-state index in [-0.39, 0.29) is 11.9 Å². The van der Waals surface area contributed by atoms with Crippen molar-refractivity contribution in [3.05, 3.63) is 54.1 Å². The van der Waals surface area contributed by atoms with Crippen molar-refractivity contribution in [2.24, 2.45) is 0 Å². The molecule has 1 amide bonds. The Morgan fingerprint density at radius 3 is 2.27 bits per heavy atom. The molecule has 1 atom stereocenters. The first-order valence-corrected chi connectivity index (χ1v) is 8.71. The van der Waals surface area contributed by atoms with Crippen molar-refractivity contribution >= 4 is 11.6 Å². The number of anilines is 1. The number of ether oxygens (including phenoxy) is 2. The highest BCUT2D eigenvalue weighted by Gasteiger charge is 2.22. The SMILES string of the molecule is COc1ccc(CCN(C)[C@@H](C)C(=O)N(C)c2ccccc2)cc1OC. The summed E-state index contributed by atoms with van der Waals surface area (Å²) in [6.07, 6.45) is 0.823. The summed E-state index contributed by atoms with van der Waals surface area (Å²) in [4.78, 5) is 16.5. The Hall–Kier alpha value is -2.53. The van der Waals surface area contributed by atoms with Crippen LogP contribution in [0.5, 0.6) is 11.5 Å². The second-order valence-corrected chi connectivity index (χ2v) is 6.33. The van der Waals surface area contributed by atoms with Crippen molar-refractivity contribution in [3.63, 3.8) is 0 Å². The number of benzene rings is 2. The number of methoxy groups -OCH3 is 2. The standard InChI is InChI=1S/C21H28N2O3/c1-16(21(24)23(3)18-9-7-6-8-10-18)22(2)14-13-17-11-12-19(25-4)20(15-17)26-5/h6-12,15-16H,13-14H2,1-5H3/t16-/m0/s1. The van der Waals surface area contributed by atoms with Crippen LogP contribution in [0.25, 0.3) is 0 Å². The maximum atomic E-state index is 12.7. The first-order chi connectivity index (χ1) is 12.5. The molecule has 2 aromatic carbocycles. The van der Waals surface area contributed by atoms with Crippen LogP contribution in [0.2, 0.25) is 0 Å². The number of rotatable bonds is 8. The third-order valence-corrected chi connectivity index (χ3v) is 4.69. The molecular formula is C21H28N2O3. The Bertz CT molecular complexity index is 718. The fourth-order valence-electron chi connectivity index (χ4n) is 2.78. The molecule has 0 aliphatic carbocycles. The summed E-state index contributed by atoms with van der Waals surface area (Å²) in [7, 11) is 7.05. The third-order valence-electron chi connectivity index (χ3n) is 4.69. The molecule has 0 aliphatic heterocycles. The average Bonchev–Trinajstić information content (AvgIpc) is 2.70. The quantitative estimate of drug-likeness (QED) is 0.728. The molecule has 26 heavy (non-hydrogen) atoms. The van der Waals surface area contributed by atoms with E-state index in [0.29, 0.717) is 0 Å². The molecule has 0 spiro atoms. The molecule has 0 aliphatic rings. The van der Waals surface area contributed by atoms with Gasteiger partial charge in [0.15, 0.2) is 11.5 Å².